The van der Waals surface area contributed by atoms with Crippen LogP contribution in [0, 0.1) is 0 Å². The van der Waals surface area contributed by atoms with Gasteiger partial charge in [0.15, 0.2) is 6.04 Å². The third-order valence-corrected chi connectivity index (χ3v) is 5.46. The number of nitrogens with zero attached hydrogens (tertiary/aromatic N) is 1. The number of hydrogen-bond donors (Lipinski definition) is 2. The first-order chi connectivity index (χ1) is 13.1. The van der Waals surface area contributed by atoms with E-state index in [1.54, 1.807) is 24.3 Å². The molecule has 2 heterocycles. The molecule has 2 aliphatic rings. The standard InChI is InChI=1S/C21H23N3O3/c1-22-11-13-23(14-12-22)19-15-20(25)24(21(19)26)16-7-9-18(10-8-16)27-17-5-3-2-4-6-17/h2-10,19H,11-15H2,1H3/p+2/t19-/m0/s1. The van der Waals surface area contributed by atoms with Gasteiger partial charge >= 0.3 is 0 Å². The normalized spacial score (nSPS) is 25.7. The second kappa shape index (κ2) is 7.50. The van der Waals surface area contributed by atoms with Gasteiger partial charge in [0.05, 0.1) is 19.2 Å². The van der Waals surface area contributed by atoms with Crippen LogP contribution in [0.2, 0.25) is 0 Å². The molecule has 2 aliphatic heterocycles. The lowest BCUT2D eigenvalue weighted by atomic mass is 10.2. The fourth-order valence-corrected chi connectivity index (χ4v) is 3.86. The van der Waals surface area contributed by atoms with Crippen molar-refractivity contribution in [2.75, 3.05) is 38.1 Å². The molecule has 2 saturated heterocycles. The van der Waals surface area contributed by atoms with E-state index in [1.165, 1.54) is 14.7 Å². The van der Waals surface area contributed by atoms with Gasteiger partial charge in [0.1, 0.15) is 37.7 Å². The van der Waals surface area contributed by atoms with E-state index in [-0.39, 0.29) is 17.9 Å². The molecule has 0 aromatic heterocycles. The Bertz CT molecular complexity index is 814. The molecular weight excluding hydrogens is 342 g/mol. The van der Waals surface area contributed by atoms with Crippen LogP contribution in [0.1, 0.15) is 6.42 Å². The number of para-hydroxylation sites is 1. The minimum atomic E-state index is -0.245. The van der Waals surface area contributed by atoms with Gasteiger partial charge in [-0.2, -0.15) is 0 Å². The molecule has 27 heavy (non-hydrogen) atoms. The Hall–Kier alpha value is -2.70. The summed E-state index contributed by atoms with van der Waals surface area (Å²) < 4.78 is 5.78. The summed E-state index contributed by atoms with van der Waals surface area (Å²) in [5.74, 6) is 1.24. The SMILES string of the molecule is C[NH+]1CC[NH+]([C@H]2CC(=O)N(c3ccc(Oc4ccccc4)cc3)C2=O)CC1. The maximum atomic E-state index is 12.9. The summed E-state index contributed by atoms with van der Waals surface area (Å²) in [5.41, 5.74) is 0.618. The van der Waals surface area contributed by atoms with E-state index in [1.807, 2.05) is 30.3 Å². The maximum absolute atomic E-state index is 12.9. The first-order valence-electron chi connectivity index (χ1n) is 9.47. The monoisotopic (exact) mass is 367 g/mol. The molecule has 140 valence electrons. The number of nitrogens with one attached hydrogen (secondary N) is 2. The van der Waals surface area contributed by atoms with Crippen molar-refractivity contribution in [3.05, 3.63) is 54.6 Å². The Morgan fingerprint density at radius 2 is 1.52 bits per heavy atom. The Balaban J connectivity index is 1.46. The van der Waals surface area contributed by atoms with E-state index in [4.69, 9.17) is 4.74 Å². The van der Waals surface area contributed by atoms with Crippen molar-refractivity contribution in [1.82, 2.24) is 0 Å². The van der Waals surface area contributed by atoms with Gasteiger partial charge in [-0.25, -0.2) is 4.90 Å². The highest BCUT2D eigenvalue weighted by Gasteiger charge is 2.46. The molecule has 0 spiro atoms. The molecule has 2 aromatic rings. The summed E-state index contributed by atoms with van der Waals surface area (Å²) in [7, 11) is 2.17. The molecule has 0 saturated carbocycles. The summed E-state index contributed by atoms with van der Waals surface area (Å²) in [4.78, 5) is 29.5. The average molecular weight is 367 g/mol. The van der Waals surface area contributed by atoms with E-state index in [9.17, 15) is 9.59 Å². The number of piperazine rings is 1. The Labute approximate surface area is 158 Å². The van der Waals surface area contributed by atoms with Crippen molar-refractivity contribution in [1.29, 1.82) is 0 Å². The molecule has 6 heteroatoms. The van der Waals surface area contributed by atoms with E-state index in [2.05, 4.69) is 7.05 Å². The zero-order chi connectivity index (χ0) is 18.8. The fourth-order valence-electron chi connectivity index (χ4n) is 3.86. The highest BCUT2D eigenvalue weighted by molar-refractivity contribution is 6.21. The smallest absolute Gasteiger partial charge is 0.292 e. The minimum absolute atomic E-state index is 0.0775. The van der Waals surface area contributed by atoms with E-state index in [0.717, 1.165) is 31.9 Å². The lowest BCUT2D eigenvalue weighted by Crippen LogP contribution is -3.29. The highest BCUT2D eigenvalue weighted by atomic mass is 16.5. The number of anilines is 1. The number of carbonyl (C=O) groups is 2. The summed E-state index contributed by atoms with van der Waals surface area (Å²) in [5, 5.41) is 0. The molecule has 2 aromatic carbocycles. The summed E-state index contributed by atoms with van der Waals surface area (Å²) in [6.07, 6.45) is 0.301. The van der Waals surface area contributed by atoms with Crippen molar-refractivity contribution in [2.45, 2.75) is 12.5 Å². The number of rotatable bonds is 4. The third-order valence-electron chi connectivity index (χ3n) is 5.46. The molecule has 0 radical (unpaired) electrons. The zero-order valence-electron chi connectivity index (χ0n) is 15.5. The van der Waals surface area contributed by atoms with Gasteiger partial charge in [-0.15, -0.1) is 0 Å². The first-order valence-corrected chi connectivity index (χ1v) is 9.47. The predicted octanol–water partition coefficient (Wildman–Crippen LogP) is -0.476. The van der Waals surface area contributed by atoms with Crippen molar-refractivity contribution < 1.29 is 24.1 Å². The number of hydrogen-bond acceptors (Lipinski definition) is 3. The van der Waals surface area contributed by atoms with E-state index >= 15 is 0 Å². The number of imide groups is 1. The van der Waals surface area contributed by atoms with Gasteiger partial charge in [-0.3, -0.25) is 9.59 Å². The quantitative estimate of drug-likeness (QED) is 0.718. The van der Waals surface area contributed by atoms with Crippen LogP contribution in [-0.2, 0) is 9.59 Å². The second-order valence-electron chi connectivity index (χ2n) is 7.35. The van der Waals surface area contributed by atoms with Crippen molar-refractivity contribution in [2.24, 2.45) is 0 Å². The van der Waals surface area contributed by atoms with Gasteiger partial charge in [-0.1, -0.05) is 18.2 Å². The van der Waals surface area contributed by atoms with Crippen LogP contribution in [0.25, 0.3) is 0 Å². The van der Waals surface area contributed by atoms with Crippen LogP contribution >= 0.6 is 0 Å². The largest absolute Gasteiger partial charge is 0.457 e. The Morgan fingerprint density at radius 1 is 0.889 bits per heavy atom. The molecule has 2 amide bonds. The molecule has 0 aliphatic carbocycles. The van der Waals surface area contributed by atoms with Crippen molar-refractivity contribution in [3.63, 3.8) is 0 Å². The number of amides is 2. The van der Waals surface area contributed by atoms with E-state index in [0.29, 0.717) is 17.9 Å². The van der Waals surface area contributed by atoms with Crippen LogP contribution in [0.4, 0.5) is 5.69 Å². The molecule has 2 N–H and O–H groups in total. The van der Waals surface area contributed by atoms with Crippen molar-refractivity contribution >= 4 is 17.5 Å². The Kier molecular flexibility index (Phi) is 4.92. The molecule has 4 rings (SSSR count). The van der Waals surface area contributed by atoms with Crippen LogP contribution in [0.15, 0.2) is 54.6 Å². The minimum Gasteiger partial charge on any atom is -0.457 e. The fraction of sp³-hybridized carbons (Fsp3) is 0.333. The lowest BCUT2D eigenvalue weighted by molar-refractivity contribution is -1.01. The molecule has 0 bridgehead atoms. The topological polar surface area (TPSA) is 55.5 Å². The number of carbonyl (C=O) groups excluding carboxylic acids is 2. The van der Waals surface area contributed by atoms with Crippen LogP contribution in [0.3, 0.4) is 0 Å². The van der Waals surface area contributed by atoms with Crippen molar-refractivity contribution in [3.8, 4) is 11.5 Å². The summed E-state index contributed by atoms with van der Waals surface area (Å²) in [6, 6.07) is 16.4. The van der Waals surface area contributed by atoms with Gasteiger partial charge in [0.2, 0.25) is 5.91 Å². The Morgan fingerprint density at radius 3 is 2.19 bits per heavy atom. The molecule has 1 atom stereocenters. The third kappa shape index (κ3) is 3.72. The van der Waals surface area contributed by atoms with Crippen LogP contribution in [-0.4, -0.2) is 51.1 Å². The molecule has 0 unspecified atom stereocenters. The summed E-state index contributed by atoms with van der Waals surface area (Å²) >= 11 is 0. The molecule has 6 nitrogen and oxygen atoms in total. The van der Waals surface area contributed by atoms with E-state index < -0.39 is 0 Å². The number of quaternary nitrogens is 2. The zero-order valence-corrected chi connectivity index (χ0v) is 15.5. The van der Waals surface area contributed by atoms with Gasteiger partial charge in [0, 0.05) is 0 Å². The molecular formula is C21H25N3O3+2. The predicted molar refractivity (Wildman–Crippen MR) is 101 cm³/mol. The van der Waals surface area contributed by atoms with Gasteiger partial charge in [0.25, 0.3) is 5.91 Å². The lowest BCUT2D eigenvalue weighted by Gasteiger charge is -2.30. The van der Waals surface area contributed by atoms with Crippen LogP contribution < -0.4 is 19.4 Å². The number of ether oxygens (including phenoxy) is 1. The average Bonchev–Trinajstić information content (AvgIpc) is 2.98. The molecule has 2 fully saturated rings. The highest BCUT2D eigenvalue weighted by Crippen LogP contribution is 2.27. The van der Waals surface area contributed by atoms with Crippen LogP contribution in [0.5, 0.6) is 11.5 Å². The second-order valence-corrected chi connectivity index (χ2v) is 7.35. The van der Waals surface area contributed by atoms with Gasteiger partial charge < -0.3 is 14.5 Å². The number of likely N-dealkylation sites (N-methyl/N-ethyl adjacent to an activating group) is 1. The number of benzene rings is 2. The first kappa shape index (κ1) is 17.7. The van der Waals surface area contributed by atoms with Gasteiger partial charge in [-0.05, 0) is 36.4 Å². The maximum Gasteiger partial charge on any atom is 0.292 e. The summed E-state index contributed by atoms with van der Waals surface area (Å²) in [6.45, 7) is 3.96.